The van der Waals surface area contributed by atoms with E-state index in [1.54, 1.807) is 67.5 Å². The van der Waals surface area contributed by atoms with Crippen molar-refractivity contribution in [2.75, 3.05) is 7.11 Å². The van der Waals surface area contributed by atoms with Crippen molar-refractivity contribution in [1.29, 1.82) is 0 Å². The van der Waals surface area contributed by atoms with Crippen molar-refractivity contribution in [2.45, 2.75) is 32.9 Å². The van der Waals surface area contributed by atoms with Crippen LogP contribution in [0.25, 0.3) is 23.0 Å². The Morgan fingerprint density at radius 3 is 2.39 bits per heavy atom. The number of para-hydroxylation sites is 1. The van der Waals surface area contributed by atoms with E-state index in [1.807, 2.05) is 48.7 Å². The van der Waals surface area contributed by atoms with Crippen LogP contribution in [0.4, 0.5) is 4.39 Å². The van der Waals surface area contributed by atoms with Crippen LogP contribution in [0.2, 0.25) is 0 Å². The van der Waals surface area contributed by atoms with Gasteiger partial charge in [0.15, 0.2) is 4.80 Å². The van der Waals surface area contributed by atoms with Crippen LogP contribution in [0.1, 0.15) is 37.9 Å². The van der Waals surface area contributed by atoms with Crippen LogP contribution >= 0.6 is 11.3 Å². The molecule has 0 saturated carbocycles. The molecule has 3 aromatic carbocycles. The molecule has 1 aliphatic heterocycles. The third-order valence-electron chi connectivity index (χ3n) is 7.18. The van der Waals surface area contributed by atoms with Crippen LogP contribution < -0.4 is 19.6 Å². The Morgan fingerprint density at radius 1 is 1.02 bits per heavy atom. The zero-order chi connectivity index (χ0) is 31.0. The van der Waals surface area contributed by atoms with Gasteiger partial charge in [0.1, 0.15) is 17.3 Å². The first-order valence-electron chi connectivity index (χ1n) is 14.0. The molecule has 0 N–H and O–H groups in total. The molecule has 2 aromatic heterocycles. The number of nitrogens with zero attached hydrogens (tertiary/aromatic N) is 4. The monoisotopic (exact) mass is 608 g/mol. The predicted octanol–water partition coefficient (Wildman–Crippen LogP) is 5.19. The fourth-order valence-electron chi connectivity index (χ4n) is 5.14. The number of allylic oxidation sites excluding steroid dienone is 1. The number of esters is 1. The van der Waals surface area contributed by atoms with Crippen molar-refractivity contribution in [3.8, 4) is 22.7 Å². The van der Waals surface area contributed by atoms with Gasteiger partial charge in [-0.2, -0.15) is 5.10 Å². The second-order valence-electron chi connectivity index (χ2n) is 10.5. The van der Waals surface area contributed by atoms with Gasteiger partial charge in [-0.15, -0.1) is 0 Å². The highest BCUT2D eigenvalue weighted by atomic mass is 32.1. The van der Waals surface area contributed by atoms with Crippen molar-refractivity contribution < 1.29 is 18.7 Å². The summed E-state index contributed by atoms with van der Waals surface area (Å²) in [7, 11) is 1.58. The Kier molecular flexibility index (Phi) is 7.84. The predicted molar refractivity (Wildman–Crippen MR) is 167 cm³/mol. The zero-order valence-corrected chi connectivity index (χ0v) is 25.3. The molecule has 0 spiro atoms. The molecule has 3 heterocycles. The first-order chi connectivity index (χ1) is 21.2. The Hall–Kier alpha value is -5.09. The summed E-state index contributed by atoms with van der Waals surface area (Å²) in [4.78, 5) is 32.7. The Balaban J connectivity index is 1.55. The minimum Gasteiger partial charge on any atom is -0.497 e. The summed E-state index contributed by atoms with van der Waals surface area (Å²) < 4.78 is 28.4. The van der Waals surface area contributed by atoms with Gasteiger partial charge < -0.3 is 9.47 Å². The number of rotatable bonds is 7. The van der Waals surface area contributed by atoms with Gasteiger partial charge in [0.05, 0.1) is 40.7 Å². The van der Waals surface area contributed by atoms with Gasteiger partial charge >= 0.3 is 5.97 Å². The number of hydrogen-bond donors (Lipinski definition) is 0. The lowest BCUT2D eigenvalue weighted by molar-refractivity contribution is -0.143. The van der Waals surface area contributed by atoms with E-state index in [9.17, 15) is 14.0 Å². The van der Waals surface area contributed by atoms with E-state index in [0.717, 1.165) is 5.69 Å². The van der Waals surface area contributed by atoms with Crippen LogP contribution in [0.5, 0.6) is 5.75 Å². The highest BCUT2D eigenvalue weighted by Gasteiger charge is 2.34. The zero-order valence-electron chi connectivity index (χ0n) is 24.5. The number of carbonyl (C=O) groups is 1. The average molecular weight is 609 g/mol. The molecule has 222 valence electrons. The number of fused-ring (bicyclic) bond motifs is 1. The molecule has 8 nitrogen and oxygen atoms in total. The summed E-state index contributed by atoms with van der Waals surface area (Å²) >= 11 is 1.23. The van der Waals surface area contributed by atoms with E-state index in [1.165, 1.54) is 23.5 Å². The smallest absolute Gasteiger partial charge is 0.338 e. The molecule has 44 heavy (non-hydrogen) atoms. The van der Waals surface area contributed by atoms with Gasteiger partial charge in [-0.25, -0.2) is 18.9 Å². The molecule has 6 rings (SSSR count). The quantitative estimate of drug-likeness (QED) is 0.238. The van der Waals surface area contributed by atoms with E-state index < -0.39 is 12.0 Å². The molecule has 0 radical (unpaired) electrons. The summed E-state index contributed by atoms with van der Waals surface area (Å²) in [5, 5.41) is 4.80. The topological polar surface area (TPSA) is 87.7 Å². The Morgan fingerprint density at radius 2 is 1.73 bits per heavy atom. The van der Waals surface area contributed by atoms with E-state index >= 15 is 0 Å². The van der Waals surface area contributed by atoms with Crippen molar-refractivity contribution in [1.82, 2.24) is 14.3 Å². The van der Waals surface area contributed by atoms with Crippen LogP contribution in [0.3, 0.4) is 0 Å². The summed E-state index contributed by atoms with van der Waals surface area (Å²) in [6.45, 7) is 5.31. The van der Waals surface area contributed by atoms with Gasteiger partial charge in [0.2, 0.25) is 0 Å². The maximum atomic E-state index is 14.2. The minimum absolute atomic E-state index is 0.298. The third-order valence-corrected chi connectivity index (χ3v) is 8.17. The molecule has 0 unspecified atom stereocenters. The maximum absolute atomic E-state index is 14.2. The van der Waals surface area contributed by atoms with E-state index in [4.69, 9.17) is 14.6 Å². The van der Waals surface area contributed by atoms with Crippen LogP contribution in [0, 0.1) is 5.82 Å². The lowest BCUT2D eigenvalue weighted by atomic mass is 9.96. The third kappa shape index (κ3) is 5.51. The molecular formula is C34H29FN4O4S. The molecule has 0 fully saturated rings. The molecule has 10 heteroatoms. The molecule has 0 saturated heterocycles. The van der Waals surface area contributed by atoms with Gasteiger partial charge in [-0.05, 0) is 80.9 Å². The molecule has 0 bridgehead atoms. The van der Waals surface area contributed by atoms with Crippen LogP contribution in [-0.4, -0.2) is 33.5 Å². The Labute approximate surface area is 256 Å². The lowest BCUT2D eigenvalue weighted by Crippen LogP contribution is -2.40. The first-order valence-corrected chi connectivity index (χ1v) is 14.8. The number of aromatic nitrogens is 3. The second kappa shape index (κ2) is 11.9. The summed E-state index contributed by atoms with van der Waals surface area (Å²) in [5.74, 6) is -0.234. The number of hydrogen-bond acceptors (Lipinski definition) is 7. The van der Waals surface area contributed by atoms with Crippen molar-refractivity contribution >= 4 is 23.4 Å². The van der Waals surface area contributed by atoms with Crippen molar-refractivity contribution in [3.63, 3.8) is 0 Å². The molecule has 0 aliphatic carbocycles. The normalized spacial score (nSPS) is 14.9. The highest BCUT2D eigenvalue weighted by Crippen LogP contribution is 2.32. The summed E-state index contributed by atoms with van der Waals surface area (Å²) in [5.41, 5.74) is 3.97. The van der Waals surface area contributed by atoms with Crippen LogP contribution in [-0.2, 0) is 9.53 Å². The number of methoxy groups -OCH3 is 1. The van der Waals surface area contributed by atoms with E-state index in [0.29, 0.717) is 48.7 Å². The SMILES string of the molecule is COc1ccc([C@@H]2C(C(=O)OC(C)C)=C(C)N=c3s/c(=C\c4cn(-c5ccccc5)nc4-c4ccc(F)cc4)c(=O)n32)cc1. The fourth-order valence-corrected chi connectivity index (χ4v) is 6.18. The Bertz CT molecular complexity index is 2060. The molecule has 5 aromatic rings. The largest absolute Gasteiger partial charge is 0.497 e. The lowest BCUT2D eigenvalue weighted by Gasteiger charge is -2.25. The number of ether oxygens (including phenoxy) is 2. The van der Waals surface area contributed by atoms with Crippen molar-refractivity contribution in [2.24, 2.45) is 4.99 Å². The van der Waals surface area contributed by atoms with Gasteiger partial charge in [-0.1, -0.05) is 41.7 Å². The number of benzene rings is 3. The second-order valence-corrected chi connectivity index (χ2v) is 11.5. The first kappa shape index (κ1) is 29.0. The van der Waals surface area contributed by atoms with E-state index in [-0.39, 0.29) is 17.5 Å². The minimum atomic E-state index is -0.755. The summed E-state index contributed by atoms with van der Waals surface area (Å²) in [6.07, 6.45) is 3.25. The van der Waals surface area contributed by atoms with Gasteiger partial charge in [0.25, 0.3) is 5.56 Å². The number of carbonyl (C=O) groups excluding carboxylic acids is 1. The van der Waals surface area contributed by atoms with E-state index in [2.05, 4.69) is 4.99 Å². The van der Waals surface area contributed by atoms with Gasteiger partial charge in [0, 0.05) is 17.3 Å². The molecule has 1 aliphatic rings. The maximum Gasteiger partial charge on any atom is 0.338 e. The fraction of sp³-hybridized carbons (Fsp3) is 0.176. The summed E-state index contributed by atoms with van der Waals surface area (Å²) in [6, 6.07) is 22.2. The van der Waals surface area contributed by atoms with Gasteiger partial charge in [-0.3, -0.25) is 9.36 Å². The molecule has 0 amide bonds. The number of thiazole rings is 1. The average Bonchev–Trinajstić information content (AvgIpc) is 3.57. The number of halogens is 1. The molecular weight excluding hydrogens is 579 g/mol. The van der Waals surface area contributed by atoms with Crippen LogP contribution in [0.15, 0.2) is 106 Å². The standard InChI is InChI=1S/C34H29FN4O4S/c1-20(2)43-33(41)29-21(3)36-34-39(31(29)23-12-16-27(42-4)17-13-23)32(40)28(44-34)18-24-19-38(26-8-6-5-7-9-26)37-30(24)22-10-14-25(35)15-11-22/h5-20,31H,1-4H3/b28-18-/t31-/m1/s1. The van der Waals surface area contributed by atoms with Crippen molar-refractivity contribution in [3.05, 3.63) is 133 Å². The highest BCUT2D eigenvalue weighted by molar-refractivity contribution is 7.07. The molecule has 1 atom stereocenters.